The molecule has 0 aromatic heterocycles. The van der Waals surface area contributed by atoms with E-state index < -0.39 is 11.6 Å². The van der Waals surface area contributed by atoms with Crippen molar-refractivity contribution in [2.24, 2.45) is 11.8 Å². The standard InChI is InChI=1S/C25H36F2O2/c1-3-5-6-7-21-13-12-20(17-29-21)18-8-10-19(11-9-18)22-14-15-23(28-16-4-2)25(27)24(22)26/h3,5,14-15,18-21H,4,6-13,16-17H2,1-2H3. The van der Waals surface area contributed by atoms with Crippen molar-refractivity contribution in [3.05, 3.63) is 41.5 Å². The van der Waals surface area contributed by atoms with Crippen LogP contribution in [0, 0.1) is 23.5 Å². The SMILES string of the molecule is CC=CCCC1CCC(C2CCC(c3ccc(OCCC)c(F)c3F)CC2)CO1. The van der Waals surface area contributed by atoms with Crippen LogP contribution in [0.5, 0.6) is 5.75 Å². The van der Waals surface area contributed by atoms with Crippen LogP contribution in [0.25, 0.3) is 0 Å². The molecule has 2 aliphatic rings. The van der Waals surface area contributed by atoms with Gasteiger partial charge in [-0.3, -0.25) is 0 Å². The van der Waals surface area contributed by atoms with Gasteiger partial charge < -0.3 is 9.47 Å². The molecule has 0 bridgehead atoms. The number of hydrogen-bond acceptors (Lipinski definition) is 2. The molecule has 1 aliphatic carbocycles. The Morgan fingerprint density at radius 2 is 1.79 bits per heavy atom. The number of halogens is 2. The Bertz CT molecular complexity index is 657. The van der Waals surface area contributed by atoms with Crippen molar-refractivity contribution in [1.29, 1.82) is 0 Å². The fraction of sp³-hybridized carbons (Fsp3) is 0.680. The molecule has 162 valence electrons. The van der Waals surface area contributed by atoms with Crippen LogP contribution >= 0.6 is 0 Å². The predicted molar refractivity (Wildman–Crippen MR) is 113 cm³/mol. The second-order valence-corrected chi connectivity index (χ2v) is 8.68. The number of allylic oxidation sites excluding steroid dienone is 2. The summed E-state index contributed by atoms with van der Waals surface area (Å²) in [5.41, 5.74) is 0.522. The minimum atomic E-state index is -0.831. The third-order valence-corrected chi connectivity index (χ3v) is 6.71. The molecule has 1 aliphatic heterocycles. The van der Waals surface area contributed by atoms with E-state index >= 15 is 0 Å². The van der Waals surface area contributed by atoms with E-state index in [0.717, 1.165) is 58.0 Å². The van der Waals surface area contributed by atoms with Gasteiger partial charge in [-0.1, -0.05) is 25.1 Å². The second-order valence-electron chi connectivity index (χ2n) is 8.68. The predicted octanol–water partition coefficient (Wildman–Crippen LogP) is 7.18. The van der Waals surface area contributed by atoms with E-state index in [-0.39, 0.29) is 11.7 Å². The minimum absolute atomic E-state index is 0.0325. The highest BCUT2D eigenvalue weighted by Crippen LogP contribution is 2.43. The third-order valence-electron chi connectivity index (χ3n) is 6.71. The lowest BCUT2D eigenvalue weighted by atomic mass is 9.72. The summed E-state index contributed by atoms with van der Waals surface area (Å²) in [6.07, 6.45) is 14.1. The number of ether oxygens (including phenoxy) is 2. The quantitative estimate of drug-likeness (QED) is 0.426. The van der Waals surface area contributed by atoms with Crippen molar-refractivity contribution in [2.45, 2.75) is 83.7 Å². The first kappa shape index (κ1) is 22.3. The van der Waals surface area contributed by atoms with Crippen LogP contribution in [-0.4, -0.2) is 19.3 Å². The number of hydrogen-bond donors (Lipinski definition) is 0. The first-order valence-electron chi connectivity index (χ1n) is 11.5. The Balaban J connectivity index is 1.49. The first-order chi connectivity index (χ1) is 14.1. The molecular weight excluding hydrogens is 370 g/mol. The first-order valence-corrected chi connectivity index (χ1v) is 11.5. The lowest BCUT2D eigenvalue weighted by Crippen LogP contribution is -2.32. The summed E-state index contributed by atoms with van der Waals surface area (Å²) in [5.74, 6) is -0.123. The van der Waals surface area contributed by atoms with E-state index in [1.807, 2.05) is 6.92 Å². The van der Waals surface area contributed by atoms with Gasteiger partial charge in [-0.2, -0.15) is 4.39 Å². The molecule has 1 aromatic rings. The van der Waals surface area contributed by atoms with Gasteiger partial charge in [0.25, 0.3) is 0 Å². The molecule has 0 spiro atoms. The van der Waals surface area contributed by atoms with Crippen LogP contribution in [0.3, 0.4) is 0 Å². The second kappa shape index (κ2) is 11.1. The highest BCUT2D eigenvalue weighted by Gasteiger charge is 2.33. The van der Waals surface area contributed by atoms with Gasteiger partial charge in [0.05, 0.1) is 19.3 Å². The average molecular weight is 407 g/mol. The van der Waals surface area contributed by atoms with Gasteiger partial charge >= 0.3 is 0 Å². The van der Waals surface area contributed by atoms with Gasteiger partial charge in [0.1, 0.15) is 0 Å². The van der Waals surface area contributed by atoms with Crippen LogP contribution in [0.2, 0.25) is 0 Å². The number of benzene rings is 1. The molecule has 2 nitrogen and oxygen atoms in total. The van der Waals surface area contributed by atoms with E-state index in [9.17, 15) is 8.78 Å². The Morgan fingerprint density at radius 3 is 2.45 bits per heavy atom. The lowest BCUT2D eigenvalue weighted by Gasteiger charge is -2.38. The Labute approximate surface area is 174 Å². The molecule has 29 heavy (non-hydrogen) atoms. The normalized spacial score (nSPS) is 28.0. The summed E-state index contributed by atoms with van der Waals surface area (Å²) in [7, 11) is 0. The van der Waals surface area contributed by atoms with Gasteiger partial charge in [0.2, 0.25) is 5.82 Å². The van der Waals surface area contributed by atoms with Crippen molar-refractivity contribution in [2.75, 3.05) is 13.2 Å². The maximum atomic E-state index is 14.6. The van der Waals surface area contributed by atoms with Crippen LogP contribution in [-0.2, 0) is 4.74 Å². The number of rotatable bonds is 8. The summed E-state index contributed by atoms with van der Waals surface area (Å²) in [5, 5.41) is 0. The molecule has 2 unspecified atom stereocenters. The molecule has 1 heterocycles. The van der Waals surface area contributed by atoms with Gasteiger partial charge in [-0.05, 0) is 94.1 Å². The van der Waals surface area contributed by atoms with Crippen molar-refractivity contribution >= 4 is 0 Å². The molecule has 0 N–H and O–H groups in total. The molecule has 4 heteroatoms. The molecule has 1 saturated carbocycles. The molecule has 1 aromatic carbocycles. The topological polar surface area (TPSA) is 18.5 Å². The Morgan fingerprint density at radius 1 is 1.03 bits per heavy atom. The van der Waals surface area contributed by atoms with Crippen LogP contribution < -0.4 is 4.74 Å². The largest absolute Gasteiger partial charge is 0.490 e. The molecule has 0 radical (unpaired) electrons. The lowest BCUT2D eigenvalue weighted by molar-refractivity contribution is -0.0402. The molecule has 3 rings (SSSR count). The zero-order valence-corrected chi connectivity index (χ0v) is 18.0. The zero-order valence-electron chi connectivity index (χ0n) is 18.0. The van der Waals surface area contributed by atoms with Gasteiger partial charge in [0, 0.05) is 0 Å². The average Bonchev–Trinajstić information content (AvgIpc) is 2.76. The highest BCUT2D eigenvalue weighted by molar-refractivity contribution is 5.33. The van der Waals surface area contributed by atoms with E-state index in [1.165, 1.54) is 6.42 Å². The molecule has 2 fully saturated rings. The van der Waals surface area contributed by atoms with Gasteiger partial charge in [-0.25, -0.2) is 4.39 Å². The smallest absolute Gasteiger partial charge is 0.200 e. The summed E-state index contributed by atoms with van der Waals surface area (Å²) in [4.78, 5) is 0. The van der Waals surface area contributed by atoms with Crippen molar-refractivity contribution in [3.8, 4) is 5.75 Å². The summed E-state index contributed by atoms with van der Waals surface area (Å²) in [6.45, 7) is 5.27. The summed E-state index contributed by atoms with van der Waals surface area (Å²) < 4.78 is 40.4. The van der Waals surface area contributed by atoms with Crippen molar-refractivity contribution < 1.29 is 18.3 Å². The van der Waals surface area contributed by atoms with Crippen molar-refractivity contribution in [1.82, 2.24) is 0 Å². The summed E-state index contributed by atoms with van der Waals surface area (Å²) in [6, 6.07) is 3.33. The maximum Gasteiger partial charge on any atom is 0.200 e. The van der Waals surface area contributed by atoms with Crippen LogP contribution in [0.1, 0.15) is 83.1 Å². The zero-order chi connectivity index (χ0) is 20.6. The molecular formula is C25H36F2O2. The molecule has 0 amide bonds. The monoisotopic (exact) mass is 406 g/mol. The molecule has 1 saturated heterocycles. The van der Waals surface area contributed by atoms with Gasteiger partial charge in [-0.15, -0.1) is 0 Å². The van der Waals surface area contributed by atoms with Crippen molar-refractivity contribution in [3.63, 3.8) is 0 Å². The Hall–Kier alpha value is -1.42. The van der Waals surface area contributed by atoms with E-state index in [0.29, 0.717) is 30.1 Å². The summed E-state index contributed by atoms with van der Waals surface area (Å²) >= 11 is 0. The van der Waals surface area contributed by atoms with Gasteiger partial charge in [0.15, 0.2) is 11.6 Å². The fourth-order valence-corrected chi connectivity index (χ4v) is 4.96. The van der Waals surface area contributed by atoms with E-state index in [1.54, 1.807) is 12.1 Å². The van der Waals surface area contributed by atoms with E-state index in [4.69, 9.17) is 9.47 Å². The van der Waals surface area contributed by atoms with E-state index in [2.05, 4.69) is 19.1 Å². The maximum absolute atomic E-state index is 14.6. The third kappa shape index (κ3) is 5.81. The highest BCUT2D eigenvalue weighted by atomic mass is 19.2. The minimum Gasteiger partial charge on any atom is -0.490 e. The Kier molecular flexibility index (Phi) is 8.53. The fourth-order valence-electron chi connectivity index (χ4n) is 4.96. The van der Waals surface area contributed by atoms with Crippen LogP contribution in [0.15, 0.2) is 24.3 Å². The van der Waals surface area contributed by atoms with Crippen LogP contribution in [0.4, 0.5) is 8.78 Å². The molecule has 2 atom stereocenters.